The minimum Gasteiger partial charge on any atom is -0.387 e. The average molecular weight is 375 g/mol. The lowest BCUT2D eigenvalue weighted by Gasteiger charge is -2.30. The van der Waals surface area contributed by atoms with E-state index in [4.69, 9.17) is 15.2 Å². The van der Waals surface area contributed by atoms with Crippen molar-refractivity contribution in [2.75, 3.05) is 5.73 Å². The third kappa shape index (κ3) is 2.98. The number of ether oxygens (including phenoxy) is 2. The van der Waals surface area contributed by atoms with Gasteiger partial charge in [-0.05, 0) is 31.6 Å². The van der Waals surface area contributed by atoms with Crippen molar-refractivity contribution in [3.63, 3.8) is 0 Å². The van der Waals surface area contributed by atoms with Crippen LogP contribution in [0.2, 0.25) is 0 Å². The van der Waals surface area contributed by atoms with E-state index in [2.05, 4.69) is 15.0 Å². The molecule has 1 unspecified atom stereocenters. The van der Waals surface area contributed by atoms with Gasteiger partial charge in [-0.2, -0.15) is 0 Å². The van der Waals surface area contributed by atoms with Crippen molar-refractivity contribution in [3.8, 4) is 0 Å². The van der Waals surface area contributed by atoms with Crippen molar-refractivity contribution in [1.29, 1.82) is 0 Å². The molecule has 2 saturated carbocycles. The molecule has 9 nitrogen and oxygen atoms in total. The van der Waals surface area contributed by atoms with E-state index in [0.29, 0.717) is 17.1 Å². The number of nitrogen functional groups attached to an aromatic ring is 1. The van der Waals surface area contributed by atoms with Crippen molar-refractivity contribution in [1.82, 2.24) is 19.5 Å². The first kappa shape index (κ1) is 17.3. The van der Waals surface area contributed by atoms with Crippen LogP contribution in [0.4, 0.5) is 5.82 Å². The summed E-state index contributed by atoms with van der Waals surface area (Å²) in [5, 5.41) is 21.5. The number of aliphatic hydroxyl groups is 2. The number of anilines is 1. The predicted molar refractivity (Wildman–Crippen MR) is 95.5 cm³/mol. The van der Waals surface area contributed by atoms with Gasteiger partial charge >= 0.3 is 0 Å². The topological polar surface area (TPSA) is 129 Å². The fraction of sp³-hybridized carbons (Fsp3) is 0.722. The van der Waals surface area contributed by atoms with Gasteiger partial charge < -0.3 is 25.4 Å². The molecule has 5 atom stereocenters. The lowest BCUT2D eigenvalue weighted by atomic mass is 9.92. The Balaban J connectivity index is 1.44. The van der Waals surface area contributed by atoms with Crippen molar-refractivity contribution in [2.24, 2.45) is 5.92 Å². The van der Waals surface area contributed by atoms with Crippen molar-refractivity contribution < 1.29 is 19.7 Å². The molecule has 2 aliphatic carbocycles. The van der Waals surface area contributed by atoms with Crippen LogP contribution < -0.4 is 5.73 Å². The van der Waals surface area contributed by atoms with Crippen LogP contribution in [-0.2, 0) is 9.47 Å². The number of nitrogens with zero attached hydrogens (tertiary/aromatic N) is 4. The van der Waals surface area contributed by atoms with Gasteiger partial charge in [0.05, 0.1) is 18.5 Å². The molecule has 3 aliphatic rings. The molecule has 27 heavy (non-hydrogen) atoms. The Hall–Kier alpha value is -1.81. The zero-order valence-electron chi connectivity index (χ0n) is 15.0. The first-order chi connectivity index (χ1) is 13.1. The lowest BCUT2D eigenvalue weighted by molar-refractivity contribution is -0.130. The second kappa shape index (κ2) is 6.66. The second-order valence-corrected chi connectivity index (χ2v) is 7.90. The van der Waals surface area contributed by atoms with E-state index >= 15 is 0 Å². The van der Waals surface area contributed by atoms with E-state index in [9.17, 15) is 10.2 Å². The summed E-state index contributed by atoms with van der Waals surface area (Å²) in [6.45, 7) is 0. The highest BCUT2D eigenvalue weighted by Crippen LogP contribution is 2.41. The molecule has 0 aromatic carbocycles. The molecule has 5 rings (SSSR count). The van der Waals surface area contributed by atoms with Crippen LogP contribution in [0.25, 0.3) is 11.2 Å². The SMILES string of the molecule is Nc1ncnc2c1ncn2[C@@H]1O[C@H](C(OC2CC2)C2CCCC2)[C@@H](O)[C@H]1O. The maximum atomic E-state index is 10.8. The highest BCUT2D eigenvalue weighted by Gasteiger charge is 2.51. The number of fused-ring (bicyclic) bond motifs is 1. The summed E-state index contributed by atoms with van der Waals surface area (Å²) in [5.74, 6) is 0.623. The van der Waals surface area contributed by atoms with Crippen LogP contribution in [0.15, 0.2) is 12.7 Å². The fourth-order valence-corrected chi connectivity index (χ4v) is 4.41. The summed E-state index contributed by atoms with van der Waals surface area (Å²) in [7, 11) is 0. The third-order valence-electron chi connectivity index (χ3n) is 6.00. The first-order valence-corrected chi connectivity index (χ1v) is 9.73. The van der Waals surface area contributed by atoms with Crippen LogP contribution in [0.3, 0.4) is 0 Å². The Morgan fingerprint density at radius 1 is 1.11 bits per heavy atom. The molecule has 146 valence electrons. The summed E-state index contributed by atoms with van der Waals surface area (Å²) in [6.07, 6.45) is 6.01. The Morgan fingerprint density at radius 2 is 1.89 bits per heavy atom. The molecule has 0 amide bonds. The molecule has 2 aromatic rings. The molecule has 0 spiro atoms. The fourth-order valence-electron chi connectivity index (χ4n) is 4.41. The van der Waals surface area contributed by atoms with Gasteiger partial charge in [-0.1, -0.05) is 12.8 Å². The van der Waals surface area contributed by atoms with Gasteiger partial charge in [0.2, 0.25) is 0 Å². The molecule has 3 heterocycles. The minimum atomic E-state index is -1.10. The molecule has 1 aliphatic heterocycles. The number of aliphatic hydroxyl groups excluding tert-OH is 2. The standard InChI is InChI=1S/C18H25N5O4/c19-16-11-17(21-7-20-16)23(8-22-11)18-13(25)12(24)15(27-18)14(26-10-5-6-10)9-3-1-2-4-9/h7-10,12-15,18,24-25H,1-6H2,(H2,19,20,21)/t12-,13+,14?,15-,18+/m0/s1. The van der Waals surface area contributed by atoms with Crippen molar-refractivity contribution in [2.45, 2.75) is 75.3 Å². The van der Waals surface area contributed by atoms with Crippen LogP contribution in [-0.4, -0.2) is 60.3 Å². The van der Waals surface area contributed by atoms with Gasteiger partial charge in [0.1, 0.15) is 30.2 Å². The van der Waals surface area contributed by atoms with Crippen LogP contribution >= 0.6 is 0 Å². The van der Waals surface area contributed by atoms with E-state index in [-0.39, 0.29) is 18.0 Å². The maximum Gasteiger partial charge on any atom is 0.167 e. The Labute approximate surface area is 156 Å². The zero-order chi connectivity index (χ0) is 18.5. The summed E-state index contributed by atoms with van der Waals surface area (Å²) in [5.41, 5.74) is 6.77. The molecule has 2 aromatic heterocycles. The molecule has 1 saturated heterocycles. The summed E-state index contributed by atoms with van der Waals surface area (Å²) >= 11 is 0. The maximum absolute atomic E-state index is 10.8. The van der Waals surface area contributed by atoms with Gasteiger partial charge in [-0.3, -0.25) is 4.57 Å². The van der Waals surface area contributed by atoms with E-state index in [0.717, 1.165) is 25.7 Å². The zero-order valence-corrected chi connectivity index (χ0v) is 15.0. The highest BCUT2D eigenvalue weighted by molar-refractivity contribution is 5.81. The van der Waals surface area contributed by atoms with Crippen LogP contribution in [0.5, 0.6) is 0 Å². The number of nitrogens with two attached hydrogens (primary N) is 1. The number of hydrogen-bond donors (Lipinski definition) is 3. The number of hydrogen-bond acceptors (Lipinski definition) is 8. The van der Waals surface area contributed by atoms with Gasteiger partial charge in [0, 0.05) is 0 Å². The quantitative estimate of drug-likeness (QED) is 0.699. The van der Waals surface area contributed by atoms with Gasteiger partial charge in [-0.15, -0.1) is 0 Å². The summed E-state index contributed by atoms with van der Waals surface area (Å²) < 4.78 is 14.0. The van der Waals surface area contributed by atoms with E-state index in [1.165, 1.54) is 25.5 Å². The summed E-state index contributed by atoms with van der Waals surface area (Å²) in [4.78, 5) is 12.4. The molecular weight excluding hydrogens is 350 g/mol. The van der Waals surface area contributed by atoms with Crippen LogP contribution in [0.1, 0.15) is 44.8 Å². The monoisotopic (exact) mass is 375 g/mol. The first-order valence-electron chi connectivity index (χ1n) is 9.73. The highest BCUT2D eigenvalue weighted by atomic mass is 16.6. The molecule has 0 bridgehead atoms. The largest absolute Gasteiger partial charge is 0.387 e. The van der Waals surface area contributed by atoms with E-state index in [1.54, 1.807) is 4.57 Å². The molecule has 0 radical (unpaired) electrons. The average Bonchev–Trinajstić information content (AvgIpc) is 3.06. The number of imidazole rings is 1. The minimum absolute atomic E-state index is 0.205. The third-order valence-corrected chi connectivity index (χ3v) is 6.00. The van der Waals surface area contributed by atoms with Crippen LogP contribution in [0, 0.1) is 5.92 Å². The van der Waals surface area contributed by atoms with E-state index < -0.39 is 24.5 Å². The van der Waals surface area contributed by atoms with Crippen molar-refractivity contribution in [3.05, 3.63) is 12.7 Å². The number of rotatable bonds is 5. The molecule has 4 N–H and O–H groups in total. The Bertz CT molecular complexity index is 819. The van der Waals surface area contributed by atoms with Crippen molar-refractivity contribution >= 4 is 17.0 Å². The summed E-state index contributed by atoms with van der Waals surface area (Å²) in [6, 6.07) is 0. The molecule has 3 fully saturated rings. The van der Waals surface area contributed by atoms with E-state index in [1.807, 2.05) is 0 Å². The molecular formula is C18H25N5O4. The normalized spacial score (nSPS) is 33.1. The smallest absolute Gasteiger partial charge is 0.167 e. The number of aromatic nitrogens is 4. The Kier molecular flexibility index (Phi) is 4.27. The van der Waals surface area contributed by atoms with Gasteiger partial charge in [-0.25, -0.2) is 15.0 Å². The van der Waals surface area contributed by atoms with Gasteiger partial charge in [0.15, 0.2) is 17.7 Å². The van der Waals surface area contributed by atoms with Gasteiger partial charge in [0.25, 0.3) is 0 Å². The predicted octanol–water partition coefficient (Wildman–Crippen LogP) is 0.765. The Morgan fingerprint density at radius 3 is 2.63 bits per heavy atom. The molecule has 9 heteroatoms. The lowest BCUT2D eigenvalue weighted by Crippen LogP contribution is -2.44. The second-order valence-electron chi connectivity index (χ2n) is 7.90.